The van der Waals surface area contributed by atoms with Crippen LogP contribution in [0.15, 0.2) is 41.4 Å². The molecule has 1 saturated carbocycles. The Morgan fingerprint density at radius 3 is 2.64 bits per heavy atom. The fourth-order valence-electron chi connectivity index (χ4n) is 3.39. The van der Waals surface area contributed by atoms with Crippen molar-refractivity contribution in [1.82, 2.24) is 9.88 Å². The van der Waals surface area contributed by atoms with E-state index in [0.29, 0.717) is 12.2 Å². The van der Waals surface area contributed by atoms with Crippen molar-refractivity contribution in [1.29, 1.82) is 0 Å². The molecule has 4 rings (SSSR count). The van der Waals surface area contributed by atoms with Crippen LogP contribution < -0.4 is 0 Å². The topological polar surface area (TPSA) is 67.3 Å². The fraction of sp³-hybridized carbons (Fsp3) is 0.444. The average Bonchev–Trinajstić information content (AvgIpc) is 3.36. The Morgan fingerprint density at radius 2 is 1.92 bits per heavy atom. The number of thioether (sulfide) groups is 1. The van der Waals surface area contributed by atoms with Gasteiger partial charge in [-0.2, -0.15) is 0 Å². The summed E-state index contributed by atoms with van der Waals surface area (Å²) in [7, 11) is -2.98. The molecule has 1 aliphatic carbocycles. The van der Waals surface area contributed by atoms with E-state index in [1.165, 1.54) is 11.8 Å². The van der Waals surface area contributed by atoms with Gasteiger partial charge in [0.25, 0.3) is 0 Å². The number of fused-ring (bicyclic) bond motifs is 1. The Bertz CT molecular complexity index is 909. The van der Waals surface area contributed by atoms with Crippen molar-refractivity contribution in [3.63, 3.8) is 0 Å². The van der Waals surface area contributed by atoms with Gasteiger partial charge in [0, 0.05) is 17.5 Å². The van der Waals surface area contributed by atoms with E-state index < -0.39 is 9.84 Å². The van der Waals surface area contributed by atoms with Crippen LogP contribution >= 0.6 is 11.8 Å². The lowest BCUT2D eigenvalue weighted by molar-refractivity contribution is -0.130. The van der Waals surface area contributed by atoms with Crippen molar-refractivity contribution in [3.8, 4) is 0 Å². The van der Waals surface area contributed by atoms with E-state index in [9.17, 15) is 13.2 Å². The minimum absolute atomic E-state index is 0.0320. The van der Waals surface area contributed by atoms with E-state index in [0.717, 1.165) is 28.8 Å². The van der Waals surface area contributed by atoms with E-state index in [2.05, 4.69) is 4.98 Å². The number of sulfone groups is 1. The first kappa shape index (κ1) is 16.8. The number of carbonyl (C=O) groups is 1. The summed E-state index contributed by atoms with van der Waals surface area (Å²) in [6.07, 6.45) is 2.55. The second-order valence-corrected chi connectivity index (χ2v) is 9.94. The highest BCUT2D eigenvalue weighted by atomic mass is 32.2. The van der Waals surface area contributed by atoms with Crippen LogP contribution in [0.25, 0.3) is 10.9 Å². The summed E-state index contributed by atoms with van der Waals surface area (Å²) in [4.78, 5) is 19.2. The Kier molecular flexibility index (Phi) is 4.45. The van der Waals surface area contributed by atoms with Crippen molar-refractivity contribution in [2.24, 2.45) is 0 Å². The van der Waals surface area contributed by atoms with Crippen LogP contribution in [0.5, 0.6) is 0 Å². The van der Waals surface area contributed by atoms with Crippen LogP contribution in [-0.4, -0.2) is 53.6 Å². The molecule has 0 spiro atoms. The molecule has 0 N–H and O–H groups in total. The first-order valence-corrected chi connectivity index (χ1v) is 11.3. The maximum Gasteiger partial charge on any atom is 0.233 e. The number of carbonyl (C=O) groups excluding carboxylic acids is 1. The molecule has 2 aliphatic rings. The smallest absolute Gasteiger partial charge is 0.233 e. The summed E-state index contributed by atoms with van der Waals surface area (Å²) in [5, 5.41) is 1.90. The minimum atomic E-state index is -2.98. The van der Waals surface area contributed by atoms with Gasteiger partial charge in [-0.25, -0.2) is 13.4 Å². The molecule has 1 aromatic carbocycles. The third kappa shape index (κ3) is 3.82. The van der Waals surface area contributed by atoms with Crippen LogP contribution in [0.4, 0.5) is 0 Å². The largest absolute Gasteiger partial charge is 0.335 e. The molecule has 1 aromatic heterocycles. The molecule has 1 atom stereocenters. The third-order valence-corrected chi connectivity index (χ3v) is 7.41. The van der Waals surface area contributed by atoms with E-state index >= 15 is 0 Å². The quantitative estimate of drug-likeness (QED) is 0.750. The van der Waals surface area contributed by atoms with E-state index in [1.807, 2.05) is 41.3 Å². The summed E-state index contributed by atoms with van der Waals surface area (Å²) < 4.78 is 23.5. The van der Waals surface area contributed by atoms with E-state index in [-0.39, 0.29) is 29.5 Å². The van der Waals surface area contributed by atoms with Crippen LogP contribution in [0.2, 0.25) is 0 Å². The van der Waals surface area contributed by atoms with Gasteiger partial charge in [0.1, 0.15) is 0 Å². The zero-order valence-electron chi connectivity index (χ0n) is 13.8. The van der Waals surface area contributed by atoms with Gasteiger partial charge in [-0.05, 0) is 31.4 Å². The zero-order valence-corrected chi connectivity index (χ0v) is 15.4. The Labute approximate surface area is 151 Å². The maximum atomic E-state index is 12.7. The van der Waals surface area contributed by atoms with Crippen molar-refractivity contribution in [3.05, 3.63) is 36.4 Å². The average molecular weight is 377 g/mol. The predicted octanol–water partition coefficient (Wildman–Crippen LogP) is 2.50. The molecule has 1 unspecified atom stereocenters. The van der Waals surface area contributed by atoms with Crippen LogP contribution in [0, 0.1) is 0 Å². The Hall–Kier alpha value is -1.60. The van der Waals surface area contributed by atoms with Crippen LogP contribution in [0.1, 0.15) is 19.3 Å². The Morgan fingerprint density at radius 1 is 1.12 bits per heavy atom. The molecule has 5 nitrogen and oxygen atoms in total. The number of rotatable bonds is 5. The lowest BCUT2D eigenvalue weighted by atomic mass is 10.2. The molecule has 0 bridgehead atoms. The molecule has 2 aromatic rings. The highest BCUT2D eigenvalue weighted by molar-refractivity contribution is 7.99. The SMILES string of the molecule is O=C(CSc1ccc2ccccc2n1)N(C1CC1)C1CCS(=O)(=O)C1. The van der Waals surface area contributed by atoms with Gasteiger partial charge in [-0.3, -0.25) is 4.79 Å². The summed E-state index contributed by atoms with van der Waals surface area (Å²) >= 11 is 1.42. The zero-order chi connectivity index (χ0) is 17.4. The second kappa shape index (κ2) is 6.61. The van der Waals surface area contributed by atoms with Crippen molar-refractivity contribution in [2.45, 2.75) is 36.4 Å². The number of aromatic nitrogens is 1. The highest BCUT2D eigenvalue weighted by Crippen LogP contribution is 2.33. The normalized spacial score (nSPS) is 22.2. The van der Waals surface area contributed by atoms with E-state index in [4.69, 9.17) is 0 Å². The van der Waals surface area contributed by atoms with E-state index in [1.54, 1.807) is 0 Å². The molecular weight excluding hydrogens is 356 g/mol. The maximum absolute atomic E-state index is 12.7. The lowest BCUT2D eigenvalue weighted by Gasteiger charge is -2.28. The van der Waals surface area contributed by atoms with Gasteiger partial charge in [-0.1, -0.05) is 36.0 Å². The number of pyridine rings is 1. The molecule has 1 amide bonds. The van der Waals surface area contributed by atoms with Crippen molar-refractivity contribution >= 4 is 38.4 Å². The standard InChI is InChI=1S/C18H20N2O3S2/c21-18(20(14-6-7-14)15-9-10-25(22,23)12-15)11-24-17-8-5-13-3-1-2-4-16(13)19-17/h1-5,8,14-15H,6-7,9-12H2. The summed E-state index contributed by atoms with van der Waals surface area (Å²) in [6.45, 7) is 0. The summed E-state index contributed by atoms with van der Waals surface area (Å²) in [6, 6.07) is 11.9. The molecule has 25 heavy (non-hydrogen) atoms. The molecule has 132 valence electrons. The predicted molar refractivity (Wildman–Crippen MR) is 99.4 cm³/mol. The van der Waals surface area contributed by atoms with Gasteiger partial charge < -0.3 is 4.90 Å². The van der Waals surface area contributed by atoms with Gasteiger partial charge in [0.2, 0.25) is 5.91 Å². The highest BCUT2D eigenvalue weighted by Gasteiger charge is 2.41. The molecule has 1 aliphatic heterocycles. The monoisotopic (exact) mass is 376 g/mol. The van der Waals surface area contributed by atoms with Crippen molar-refractivity contribution in [2.75, 3.05) is 17.3 Å². The van der Waals surface area contributed by atoms with Crippen molar-refractivity contribution < 1.29 is 13.2 Å². The minimum Gasteiger partial charge on any atom is -0.335 e. The molecule has 2 fully saturated rings. The second-order valence-electron chi connectivity index (χ2n) is 6.72. The number of para-hydroxylation sites is 1. The number of benzene rings is 1. The van der Waals surface area contributed by atoms with Gasteiger partial charge in [0.05, 0.1) is 27.8 Å². The fourth-order valence-corrected chi connectivity index (χ4v) is 5.85. The lowest BCUT2D eigenvalue weighted by Crippen LogP contribution is -2.43. The first-order valence-electron chi connectivity index (χ1n) is 8.52. The first-order chi connectivity index (χ1) is 12.0. The number of amides is 1. The molecule has 2 heterocycles. The molecular formula is C18H20N2O3S2. The van der Waals surface area contributed by atoms with Gasteiger partial charge in [0.15, 0.2) is 9.84 Å². The number of hydrogen-bond acceptors (Lipinski definition) is 5. The molecule has 7 heteroatoms. The van der Waals surface area contributed by atoms with Crippen LogP contribution in [-0.2, 0) is 14.6 Å². The number of hydrogen-bond donors (Lipinski definition) is 0. The third-order valence-electron chi connectivity index (χ3n) is 4.75. The van der Waals surface area contributed by atoms with Crippen LogP contribution in [0.3, 0.4) is 0 Å². The Balaban J connectivity index is 1.44. The summed E-state index contributed by atoms with van der Waals surface area (Å²) in [5.74, 6) is 0.657. The molecule has 0 radical (unpaired) electrons. The summed E-state index contributed by atoms with van der Waals surface area (Å²) in [5.41, 5.74) is 0.917. The van der Waals surface area contributed by atoms with Gasteiger partial charge >= 0.3 is 0 Å². The van der Waals surface area contributed by atoms with Gasteiger partial charge in [-0.15, -0.1) is 0 Å². The number of nitrogens with zero attached hydrogens (tertiary/aromatic N) is 2. The molecule has 1 saturated heterocycles.